The summed E-state index contributed by atoms with van der Waals surface area (Å²) in [6.45, 7) is 2.10. The molecule has 0 bridgehead atoms. The van der Waals surface area contributed by atoms with E-state index in [0.717, 1.165) is 18.4 Å². The van der Waals surface area contributed by atoms with Crippen LogP contribution in [-0.4, -0.2) is 11.8 Å². The van der Waals surface area contributed by atoms with E-state index in [2.05, 4.69) is 17.6 Å². The van der Waals surface area contributed by atoms with Crippen LogP contribution < -0.4 is 10.6 Å². The number of amides is 2. The zero-order chi connectivity index (χ0) is 19.1. The second-order valence-electron chi connectivity index (χ2n) is 6.23. The van der Waals surface area contributed by atoms with Crippen LogP contribution in [0.1, 0.15) is 51.4 Å². The second kappa shape index (κ2) is 9.14. The first-order valence-electron chi connectivity index (χ1n) is 8.98. The molecule has 0 aliphatic heterocycles. The van der Waals surface area contributed by atoms with Gasteiger partial charge in [-0.2, -0.15) is 0 Å². The molecule has 1 unspecified atom stereocenters. The van der Waals surface area contributed by atoms with Gasteiger partial charge in [-0.15, -0.1) is 11.3 Å². The molecule has 0 saturated heterocycles. The highest BCUT2D eigenvalue weighted by Gasteiger charge is 2.15. The van der Waals surface area contributed by atoms with Gasteiger partial charge < -0.3 is 10.6 Å². The highest BCUT2D eigenvalue weighted by molar-refractivity contribution is 7.12. The Morgan fingerprint density at radius 2 is 1.67 bits per heavy atom. The summed E-state index contributed by atoms with van der Waals surface area (Å²) >= 11 is 1.39. The molecule has 0 saturated carbocycles. The molecule has 1 heterocycles. The second-order valence-corrected chi connectivity index (χ2v) is 7.18. The van der Waals surface area contributed by atoms with Crippen LogP contribution in [0.5, 0.6) is 0 Å². The van der Waals surface area contributed by atoms with E-state index in [1.807, 2.05) is 41.8 Å². The highest BCUT2D eigenvalue weighted by Crippen LogP contribution is 2.20. The van der Waals surface area contributed by atoms with Crippen molar-refractivity contribution in [1.82, 2.24) is 5.32 Å². The zero-order valence-electron chi connectivity index (χ0n) is 15.1. The van der Waals surface area contributed by atoms with Crippen molar-refractivity contribution in [2.75, 3.05) is 5.32 Å². The minimum atomic E-state index is -0.144. The molecular weight excluding hydrogens is 356 g/mol. The molecule has 0 radical (unpaired) electrons. The average Bonchev–Trinajstić information content (AvgIpc) is 3.24. The lowest BCUT2D eigenvalue weighted by Crippen LogP contribution is -2.28. The van der Waals surface area contributed by atoms with E-state index in [1.165, 1.54) is 11.3 Å². The van der Waals surface area contributed by atoms with Crippen molar-refractivity contribution in [3.63, 3.8) is 0 Å². The summed E-state index contributed by atoms with van der Waals surface area (Å²) in [6.07, 6.45) is 1.86. The molecule has 2 amide bonds. The molecule has 0 aliphatic rings. The van der Waals surface area contributed by atoms with Crippen molar-refractivity contribution in [1.29, 1.82) is 0 Å². The third kappa shape index (κ3) is 5.05. The van der Waals surface area contributed by atoms with Crippen LogP contribution in [0.3, 0.4) is 0 Å². The minimum absolute atomic E-state index is 0.0121. The maximum atomic E-state index is 12.6. The maximum absolute atomic E-state index is 12.6. The number of carbonyl (C=O) groups is 2. The van der Waals surface area contributed by atoms with E-state index >= 15 is 0 Å². The Hall–Kier alpha value is -2.92. The third-order valence-electron chi connectivity index (χ3n) is 4.23. The molecule has 1 atom stereocenters. The van der Waals surface area contributed by atoms with E-state index in [-0.39, 0.29) is 17.9 Å². The molecule has 0 spiro atoms. The Morgan fingerprint density at radius 1 is 0.926 bits per heavy atom. The summed E-state index contributed by atoms with van der Waals surface area (Å²) in [5.74, 6) is -0.261. The van der Waals surface area contributed by atoms with Crippen molar-refractivity contribution < 1.29 is 9.59 Å². The van der Waals surface area contributed by atoms with Gasteiger partial charge in [0, 0.05) is 11.3 Å². The average molecular weight is 378 g/mol. The van der Waals surface area contributed by atoms with Crippen molar-refractivity contribution >= 4 is 28.8 Å². The van der Waals surface area contributed by atoms with E-state index in [9.17, 15) is 9.59 Å². The number of rotatable bonds is 7. The van der Waals surface area contributed by atoms with E-state index in [1.54, 1.807) is 30.3 Å². The fourth-order valence-electron chi connectivity index (χ4n) is 2.84. The number of anilines is 1. The molecule has 3 aromatic rings. The molecule has 5 heteroatoms. The lowest BCUT2D eigenvalue weighted by atomic mass is 10.0. The topological polar surface area (TPSA) is 58.2 Å². The normalized spacial score (nSPS) is 11.6. The van der Waals surface area contributed by atoms with Gasteiger partial charge in [0.2, 0.25) is 0 Å². The van der Waals surface area contributed by atoms with Gasteiger partial charge in [-0.3, -0.25) is 9.59 Å². The van der Waals surface area contributed by atoms with Gasteiger partial charge in [0.1, 0.15) is 0 Å². The van der Waals surface area contributed by atoms with E-state index in [4.69, 9.17) is 0 Å². The molecule has 2 aromatic carbocycles. The van der Waals surface area contributed by atoms with Gasteiger partial charge in [-0.1, -0.05) is 49.7 Å². The molecule has 0 fully saturated rings. The van der Waals surface area contributed by atoms with Crippen LogP contribution in [0.2, 0.25) is 0 Å². The predicted octanol–water partition coefficient (Wildman–Crippen LogP) is 5.27. The molecule has 138 valence electrons. The maximum Gasteiger partial charge on any atom is 0.265 e. The molecule has 4 nitrogen and oxygen atoms in total. The van der Waals surface area contributed by atoms with Gasteiger partial charge in [-0.05, 0) is 47.7 Å². The van der Waals surface area contributed by atoms with Crippen LogP contribution >= 0.6 is 11.3 Å². The van der Waals surface area contributed by atoms with Crippen LogP contribution in [0, 0.1) is 0 Å². The first-order chi connectivity index (χ1) is 13.2. The van der Waals surface area contributed by atoms with Crippen molar-refractivity contribution in [3.8, 4) is 0 Å². The molecule has 0 aliphatic carbocycles. The first kappa shape index (κ1) is 18.9. The summed E-state index contributed by atoms with van der Waals surface area (Å²) in [7, 11) is 0. The lowest BCUT2D eigenvalue weighted by molar-refractivity contribution is 0.0934. The van der Waals surface area contributed by atoms with Crippen LogP contribution in [0.25, 0.3) is 0 Å². The number of hydrogen-bond acceptors (Lipinski definition) is 3. The molecule has 1 aromatic heterocycles. The minimum Gasteiger partial charge on any atom is -0.345 e. The third-order valence-corrected chi connectivity index (χ3v) is 5.10. The Kier molecular flexibility index (Phi) is 6.39. The van der Waals surface area contributed by atoms with Gasteiger partial charge in [0.25, 0.3) is 11.8 Å². The lowest BCUT2D eigenvalue weighted by Gasteiger charge is -2.18. The van der Waals surface area contributed by atoms with Crippen LogP contribution in [0.15, 0.2) is 72.1 Å². The fraction of sp³-hybridized carbons (Fsp3) is 0.182. The quantitative estimate of drug-likeness (QED) is 0.588. The summed E-state index contributed by atoms with van der Waals surface area (Å²) < 4.78 is 0. The van der Waals surface area contributed by atoms with Crippen LogP contribution in [-0.2, 0) is 0 Å². The Bertz CT molecular complexity index is 874. The number of benzene rings is 2. The van der Waals surface area contributed by atoms with Crippen molar-refractivity contribution in [3.05, 3.63) is 88.1 Å². The van der Waals surface area contributed by atoms with E-state index < -0.39 is 0 Å². The fourth-order valence-corrected chi connectivity index (χ4v) is 3.46. The highest BCUT2D eigenvalue weighted by atomic mass is 32.1. The number of nitrogens with one attached hydrogen (secondary N) is 2. The van der Waals surface area contributed by atoms with Gasteiger partial charge in [0.15, 0.2) is 0 Å². The van der Waals surface area contributed by atoms with Gasteiger partial charge in [-0.25, -0.2) is 0 Å². The van der Waals surface area contributed by atoms with Gasteiger partial charge >= 0.3 is 0 Å². The largest absolute Gasteiger partial charge is 0.345 e. The van der Waals surface area contributed by atoms with Crippen molar-refractivity contribution in [2.24, 2.45) is 0 Å². The molecule has 3 rings (SSSR count). The molecular formula is C22H22N2O2S. The van der Waals surface area contributed by atoms with E-state index in [0.29, 0.717) is 16.1 Å². The standard InChI is InChI=1S/C22H22N2O2S/c1-2-7-19(16-8-4-3-5-9-16)24-21(25)17-11-13-18(14-12-17)23-22(26)20-10-6-15-27-20/h3-6,8-15,19H,2,7H2,1H3,(H,23,26)(H,24,25). The number of thiophene rings is 1. The summed E-state index contributed by atoms with van der Waals surface area (Å²) in [6, 6.07) is 20.6. The summed E-state index contributed by atoms with van der Waals surface area (Å²) in [4.78, 5) is 25.4. The predicted molar refractivity (Wildman–Crippen MR) is 110 cm³/mol. The monoisotopic (exact) mass is 378 g/mol. The number of carbonyl (C=O) groups excluding carboxylic acids is 2. The zero-order valence-corrected chi connectivity index (χ0v) is 16.0. The molecule has 27 heavy (non-hydrogen) atoms. The van der Waals surface area contributed by atoms with Crippen LogP contribution in [0.4, 0.5) is 5.69 Å². The molecule has 2 N–H and O–H groups in total. The Labute approximate surface area is 163 Å². The van der Waals surface area contributed by atoms with Crippen molar-refractivity contribution in [2.45, 2.75) is 25.8 Å². The first-order valence-corrected chi connectivity index (χ1v) is 9.86. The Balaban J connectivity index is 1.65. The number of hydrogen-bond donors (Lipinski definition) is 2. The summed E-state index contributed by atoms with van der Waals surface area (Å²) in [5, 5.41) is 7.81. The summed E-state index contributed by atoms with van der Waals surface area (Å²) in [5.41, 5.74) is 2.34. The smallest absolute Gasteiger partial charge is 0.265 e. The Morgan fingerprint density at radius 3 is 2.30 bits per heavy atom. The van der Waals surface area contributed by atoms with Gasteiger partial charge in [0.05, 0.1) is 10.9 Å². The SMILES string of the molecule is CCCC(NC(=O)c1ccc(NC(=O)c2cccs2)cc1)c1ccccc1.